The highest BCUT2D eigenvalue weighted by Crippen LogP contribution is 2.39. The van der Waals surface area contributed by atoms with Gasteiger partial charge in [0.25, 0.3) is 0 Å². The van der Waals surface area contributed by atoms with Gasteiger partial charge in [0.05, 0.1) is 24.8 Å². The summed E-state index contributed by atoms with van der Waals surface area (Å²) in [5.74, 6) is 1.36. The van der Waals surface area contributed by atoms with Gasteiger partial charge in [-0.15, -0.1) is 0 Å². The molecule has 2 bridgehead atoms. The molecular formula is C25H27ClN2O4. The first-order valence-corrected chi connectivity index (χ1v) is 11.4. The van der Waals surface area contributed by atoms with E-state index >= 15 is 0 Å². The van der Waals surface area contributed by atoms with E-state index in [4.69, 9.17) is 25.8 Å². The van der Waals surface area contributed by atoms with Gasteiger partial charge in [0, 0.05) is 55.3 Å². The van der Waals surface area contributed by atoms with Crippen molar-refractivity contribution in [3.05, 3.63) is 64.8 Å². The fraction of sp³-hybridized carbons (Fsp3) is 0.400. The van der Waals surface area contributed by atoms with Gasteiger partial charge in [0.2, 0.25) is 0 Å². The second-order valence-electron chi connectivity index (χ2n) is 8.42. The average Bonchev–Trinajstić information content (AvgIpc) is 3.53. The van der Waals surface area contributed by atoms with Gasteiger partial charge in [-0.2, -0.15) is 0 Å². The largest absolute Gasteiger partial charge is 0.493 e. The molecule has 32 heavy (non-hydrogen) atoms. The number of carbonyl (C=O) groups excluding carboxylic acids is 1. The number of ether oxygens (including phenoxy) is 3. The van der Waals surface area contributed by atoms with E-state index in [2.05, 4.69) is 9.80 Å². The molecule has 168 valence electrons. The molecule has 7 heteroatoms. The molecule has 5 rings (SSSR count). The topological polar surface area (TPSA) is 51.2 Å². The normalized spacial score (nSPS) is 22.0. The fourth-order valence-electron chi connectivity index (χ4n) is 4.78. The van der Waals surface area contributed by atoms with Crippen LogP contribution in [0.2, 0.25) is 5.02 Å². The van der Waals surface area contributed by atoms with Gasteiger partial charge in [-0.3, -0.25) is 9.69 Å². The summed E-state index contributed by atoms with van der Waals surface area (Å²) in [7, 11) is 1.67. The van der Waals surface area contributed by atoms with Crippen molar-refractivity contribution in [1.82, 2.24) is 4.90 Å². The van der Waals surface area contributed by atoms with Crippen LogP contribution in [0.15, 0.2) is 48.7 Å². The summed E-state index contributed by atoms with van der Waals surface area (Å²) in [5, 5.41) is 0.460. The van der Waals surface area contributed by atoms with Crippen LogP contribution in [0.25, 0.3) is 0 Å². The van der Waals surface area contributed by atoms with E-state index in [0.29, 0.717) is 29.3 Å². The lowest BCUT2D eigenvalue weighted by atomic mass is 10.1. The Labute approximate surface area is 193 Å². The molecule has 3 aliphatic heterocycles. The van der Waals surface area contributed by atoms with Crippen LogP contribution in [0, 0.1) is 0 Å². The molecular weight excluding hydrogens is 428 g/mol. The highest BCUT2D eigenvalue weighted by atomic mass is 35.5. The number of ketones is 1. The van der Waals surface area contributed by atoms with E-state index in [9.17, 15) is 4.79 Å². The van der Waals surface area contributed by atoms with Gasteiger partial charge in [0.15, 0.2) is 17.3 Å². The summed E-state index contributed by atoms with van der Waals surface area (Å²) in [6.07, 6.45) is 5.81. The van der Waals surface area contributed by atoms with Gasteiger partial charge >= 0.3 is 0 Å². The van der Waals surface area contributed by atoms with Gasteiger partial charge < -0.3 is 19.1 Å². The van der Waals surface area contributed by atoms with E-state index in [-0.39, 0.29) is 5.78 Å². The number of likely N-dealkylation sites (tertiary alicyclic amines) is 1. The summed E-state index contributed by atoms with van der Waals surface area (Å²) < 4.78 is 17.4. The summed E-state index contributed by atoms with van der Waals surface area (Å²) in [6, 6.07) is 11.7. The zero-order chi connectivity index (χ0) is 22.1. The second-order valence-corrected chi connectivity index (χ2v) is 8.83. The van der Waals surface area contributed by atoms with Crippen LogP contribution >= 0.6 is 11.6 Å². The maximum Gasteiger partial charge on any atom is 0.188 e. The fourth-order valence-corrected chi connectivity index (χ4v) is 5.01. The predicted molar refractivity (Wildman–Crippen MR) is 124 cm³/mol. The monoisotopic (exact) mass is 454 g/mol. The van der Waals surface area contributed by atoms with Crippen molar-refractivity contribution in [1.29, 1.82) is 0 Å². The molecule has 2 atom stereocenters. The quantitative estimate of drug-likeness (QED) is 0.444. The number of hydrogen-bond donors (Lipinski definition) is 0. The summed E-state index contributed by atoms with van der Waals surface area (Å²) >= 11 is 6.16. The molecule has 0 saturated carbocycles. The Morgan fingerprint density at radius 3 is 2.91 bits per heavy atom. The lowest BCUT2D eigenvalue weighted by molar-refractivity contribution is 0.0257. The van der Waals surface area contributed by atoms with E-state index in [1.165, 1.54) is 5.56 Å². The maximum absolute atomic E-state index is 12.6. The summed E-state index contributed by atoms with van der Waals surface area (Å²) in [5.41, 5.74) is 2.72. The Balaban J connectivity index is 1.27. The van der Waals surface area contributed by atoms with Crippen LogP contribution in [-0.4, -0.2) is 62.8 Å². The molecule has 2 saturated heterocycles. The Kier molecular flexibility index (Phi) is 6.09. The third kappa shape index (κ3) is 4.22. The lowest BCUT2D eigenvalue weighted by Gasteiger charge is -2.26. The Bertz CT molecular complexity index is 1040. The van der Waals surface area contributed by atoms with E-state index < -0.39 is 0 Å². The number of rotatable bonds is 8. The molecule has 2 aromatic rings. The Morgan fingerprint density at radius 2 is 2.16 bits per heavy atom. The number of hydrogen-bond acceptors (Lipinski definition) is 6. The summed E-state index contributed by atoms with van der Waals surface area (Å²) in [4.78, 5) is 17.1. The number of halogens is 1. The molecule has 2 aromatic carbocycles. The highest BCUT2D eigenvalue weighted by Gasteiger charge is 2.38. The molecule has 3 heterocycles. The predicted octanol–water partition coefficient (Wildman–Crippen LogP) is 3.96. The van der Waals surface area contributed by atoms with Gasteiger partial charge in [-0.25, -0.2) is 0 Å². The minimum Gasteiger partial charge on any atom is -0.493 e. The van der Waals surface area contributed by atoms with Crippen LogP contribution in [0.3, 0.4) is 0 Å². The van der Waals surface area contributed by atoms with Crippen molar-refractivity contribution >= 4 is 23.1 Å². The first-order valence-electron chi connectivity index (χ1n) is 11.1. The Morgan fingerprint density at radius 1 is 1.28 bits per heavy atom. The minimum absolute atomic E-state index is 0.113. The zero-order valence-electron chi connectivity index (χ0n) is 18.1. The number of nitrogens with zero attached hydrogens (tertiary/aromatic N) is 2. The Hall–Kier alpha value is -2.54. The molecule has 0 aliphatic carbocycles. The van der Waals surface area contributed by atoms with Crippen LogP contribution < -0.4 is 14.4 Å². The first-order chi connectivity index (χ1) is 15.6. The smallest absolute Gasteiger partial charge is 0.188 e. The minimum atomic E-state index is -0.113. The highest BCUT2D eigenvalue weighted by molar-refractivity contribution is 6.34. The molecule has 6 nitrogen and oxygen atoms in total. The average molecular weight is 455 g/mol. The van der Waals surface area contributed by atoms with Crippen molar-refractivity contribution < 1.29 is 19.0 Å². The van der Waals surface area contributed by atoms with Crippen LogP contribution in [-0.2, 0) is 11.2 Å². The lowest BCUT2D eigenvalue weighted by Crippen LogP contribution is -2.39. The molecule has 3 aliphatic rings. The number of allylic oxidation sites excluding steroid dienone is 1. The third-order valence-electron chi connectivity index (χ3n) is 6.49. The SMILES string of the molecule is COc1cc2c(cc1OCCN1CC3CC1CO3)N(/C=C/C(=O)c1ccccc1Cl)CC2. The third-order valence-corrected chi connectivity index (χ3v) is 6.82. The maximum atomic E-state index is 12.6. The zero-order valence-corrected chi connectivity index (χ0v) is 18.9. The first kappa shape index (κ1) is 21.3. The van der Waals surface area contributed by atoms with E-state index in [1.54, 1.807) is 25.3 Å². The number of morpholine rings is 1. The molecule has 0 radical (unpaired) electrons. The van der Waals surface area contributed by atoms with Gasteiger partial charge in [-0.05, 0) is 36.6 Å². The molecule has 0 amide bonds. The van der Waals surface area contributed by atoms with Crippen LogP contribution in [0.4, 0.5) is 5.69 Å². The van der Waals surface area contributed by atoms with Crippen LogP contribution in [0.1, 0.15) is 22.3 Å². The van der Waals surface area contributed by atoms with Gasteiger partial charge in [-0.1, -0.05) is 23.7 Å². The van der Waals surface area contributed by atoms with E-state index in [1.807, 2.05) is 30.5 Å². The summed E-state index contributed by atoms with van der Waals surface area (Å²) in [6.45, 7) is 4.10. The molecule has 0 aromatic heterocycles. The second kappa shape index (κ2) is 9.14. The standard InChI is InChI=1S/C25H27ClN2O4/c1-30-24-12-17-6-8-27(9-7-23(29)20-4-2-3-5-21(20)26)22(17)14-25(24)31-11-10-28-15-19-13-18(28)16-32-19/h2-5,7,9,12,14,18-19H,6,8,10-11,13,15-16H2,1H3/b9-7+. The van der Waals surface area contributed by atoms with E-state index in [0.717, 1.165) is 56.3 Å². The van der Waals surface area contributed by atoms with Crippen molar-refractivity contribution in [2.24, 2.45) is 0 Å². The number of carbonyl (C=O) groups is 1. The van der Waals surface area contributed by atoms with Crippen LogP contribution in [0.5, 0.6) is 11.5 Å². The van der Waals surface area contributed by atoms with Crippen molar-refractivity contribution in [2.75, 3.05) is 44.9 Å². The van der Waals surface area contributed by atoms with Crippen molar-refractivity contribution in [2.45, 2.75) is 25.0 Å². The number of benzene rings is 2. The number of anilines is 1. The number of methoxy groups -OCH3 is 1. The molecule has 2 fully saturated rings. The van der Waals surface area contributed by atoms with Gasteiger partial charge in [0.1, 0.15) is 6.61 Å². The molecule has 0 spiro atoms. The molecule has 0 N–H and O–H groups in total. The molecule has 2 unspecified atom stereocenters. The number of fused-ring (bicyclic) bond motifs is 3. The van der Waals surface area contributed by atoms with Crippen molar-refractivity contribution in [3.63, 3.8) is 0 Å². The van der Waals surface area contributed by atoms with Crippen molar-refractivity contribution in [3.8, 4) is 11.5 Å².